The van der Waals surface area contributed by atoms with Gasteiger partial charge in [-0.15, -0.1) is 11.8 Å². The zero-order valence-electron chi connectivity index (χ0n) is 10.8. The molecular formula is C14H27NS. The van der Waals surface area contributed by atoms with Crippen molar-refractivity contribution in [2.45, 2.75) is 51.9 Å². The monoisotopic (exact) mass is 241 g/mol. The summed E-state index contributed by atoms with van der Waals surface area (Å²) >= 11 is 2.10. The van der Waals surface area contributed by atoms with Gasteiger partial charge in [0, 0.05) is 18.2 Å². The standard InChI is InChI=1S/C14H27NS/c1-13(14-7-3-2-4-8-14)6-5-9-15-10-11-16-12-15/h13-14H,2-12H2,1H3. The van der Waals surface area contributed by atoms with Gasteiger partial charge in [0.15, 0.2) is 0 Å². The van der Waals surface area contributed by atoms with Crippen molar-refractivity contribution in [1.82, 2.24) is 4.90 Å². The molecule has 1 aliphatic carbocycles. The third kappa shape index (κ3) is 3.96. The molecule has 1 atom stereocenters. The van der Waals surface area contributed by atoms with Crippen molar-refractivity contribution in [2.75, 3.05) is 24.7 Å². The van der Waals surface area contributed by atoms with Gasteiger partial charge in [0.2, 0.25) is 0 Å². The molecule has 0 aromatic rings. The molecule has 0 aromatic heterocycles. The third-order valence-corrected chi connectivity index (χ3v) is 5.43. The molecule has 1 nitrogen and oxygen atoms in total. The van der Waals surface area contributed by atoms with Crippen LogP contribution in [0.25, 0.3) is 0 Å². The Morgan fingerprint density at radius 1 is 1.25 bits per heavy atom. The SMILES string of the molecule is CC(CCCN1CCSC1)C1CCCCC1. The van der Waals surface area contributed by atoms with Crippen LogP contribution in [0.4, 0.5) is 0 Å². The van der Waals surface area contributed by atoms with Gasteiger partial charge in [-0.25, -0.2) is 0 Å². The maximum atomic E-state index is 2.62. The molecule has 2 fully saturated rings. The van der Waals surface area contributed by atoms with Crippen molar-refractivity contribution in [3.8, 4) is 0 Å². The Morgan fingerprint density at radius 3 is 2.75 bits per heavy atom. The summed E-state index contributed by atoms with van der Waals surface area (Å²) in [7, 11) is 0. The first-order valence-corrected chi connectivity index (χ1v) is 8.32. The lowest BCUT2D eigenvalue weighted by molar-refractivity contribution is 0.238. The average molecular weight is 241 g/mol. The van der Waals surface area contributed by atoms with Crippen LogP contribution in [-0.2, 0) is 0 Å². The fraction of sp³-hybridized carbons (Fsp3) is 1.00. The Hall–Kier alpha value is 0.310. The smallest absolute Gasteiger partial charge is 0.0445 e. The van der Waals surface area contributed by atoms with Crippen LogP contribution >= 0.6 is 11.8 Å². The molecule has 1 aliphatic heterocycles. The highest BCUT2D eigenvalue weighted by molar-refractivity contribution is 7.99. The van der Waals surface area contributed by atoms with E-state index in [2.05, 4.69) is 23.6 Å². The highest BCUT2D eigenvalue weighted by Crippen LogP contribution is 2.32. The van der Waals surface area contributed by atoms with Gasteiger partial charge in [0.1, 0.15) is 0 Å². The number of nitrogens with zero attached hydrogens (tertiary/aromatic N) is 1. The topological polar surface area (TPSA) is 3.24 Å². The van der Waals surface area contributed by atoms with Crippen LogP contribution in [0.5, 0.6) is 0 Å². The second kappa shape index (κ2) is 6.90. The first-order chi connectivity index (χ1) is 7.86. The Kier molecular flexibility index (Phi) is 5.51. The van der Waals surface area contributed by atoms with Crippen LogP contribution in [0.3, 0.4) is 0 Å². The predicted molar refractivity (Wildman–Crippen MR) is 73.9 cm³/mol. The first-order valence-electron chi connectivity index (χ1n) is 7.16. The lowest BCUT2D eigenvalue weighted by atomic mass is 9.79. The second-order valence-electron chi connectivity index (χ2n) is 5.67. The molecule has 2 heteroatoms. The molecule has 0 radical (unpaired) electrons. The molecule has 2 rings (SSSR count). The van der Waals surface area contributed by atoms with Crippen molar-refractivity contribution in [2.24, 2.45) is 11.8 Å². The third-order valence-electron chi connectivity index (χ3n) is 4.41. The van der Waals surface area contributed by atoms with E-state index in [1.165, 1.54) is 69.7 Å². The zero-order valence-corrected chi connectivity index (χ0v) is 11.6. The van der Waals surface area contributed by atoms with Gasteiger partial charge in [-0.05, 0) is 31.2 Å². The summed E-state index contributed by atoms with van der Waals surface area (Å²) in [6, 6.07) is 0. The number of thioether (sulfide) groups is 1. The molecule has 0 N–H and O–H groups in total. The Bertz CT molecular complexity index is 183. The van der Waals surface area contributed by atoms with E-state index in [0.717, 1.165) is 11.8 Å². The van der Waals surface area contributed by atoms with Gasteiger partial charge in [0.05, 0.1) is 0 Å². The van der Waals surface area contributed by atoms with Crippen LogP contribution in [-0.4, -0.2) is 29.6 Å². The van der Waals surface area contributed by atoms with Gasteiger partial charge < -0.3 is 0 Å². The average Bonchev–Trinajstić information content (AvgIpc) is 2.83. The van der Waals surface area contributed by atoms with E-state index in [1.54, 1.807) is 0 Å². The van der Waals surface area contributed by atoms with Crippen molar-refractivity contribution >= 4 is 11.8 Å². The van der Waals surface area contributed by atoms with Crippen molar-refractivity contribution in [1.29, 1.82) is 0 Å². The zero-order chi connectivity index (χ0) is 11.2. The number of rotatable bonds is 5. The van der Waals surface area contributed by atoms with E-state index in [-0.39, 0.29) is 0 Å². The Balaban J connectivity index is 1.57. The second-order valence-corrected chi connectivity index (χ2v) is 6.75. The molecule has 0 spiro atoms. The van der Waals surface area contributed by atoms with Crippen LogP contribution in [0.2, 0.25) is 0 Å². The minimum absolute atomic E-state index is 0.982. The molecule has 94 valence electrons. The molecular weight excluding hydrogens is 214 g/mol. The minimum Gasteiger partial charge on any atom is -0.293 e. The summed E-state index contributed by atoms with van der Waals surface area (Å²) in [5, 5.41) is 0. The van der Waals surface area contributed by atoms with Crippen molar-refractivity contribution in [3.63, 3.8) is 0 Å². The number of hydrogen-bond donors (Lipinski definition) is 0. The summed E-state index contributed by atoms with van der Waals surface area (Å²) in [6.07, 6.45) is 10.4. The summed E-state index contributed by atoms with van der Waals surface area (Å²) < 4.78 is 0. The molecule has 1 saturated carbocycles. The summed E-state index contributed by atoms with van der Waals surface area (Å²) in [5.41, 5.74) is 0. The van der Waals surface area contributed by atoms with Crippen LogP contribution in [0, 0.1) is 11.8 Å². The van der Waals surface area contributed by atoms with Crippen LogP contribution in [0.1, 0.15) is 51.9 Å². The van der Waals surface area contributed by atoms with Gasteiger partial charge in [-0.1, -0.05) is 39.0 Å². The van der Waals surface area contributed by atoms with Gasteiger partial charge in [-0.3, -0.25) is 4.90 Å². The fourth-order valence-electron chi connectivity index (χ4n) is 3.20. The molecule has 2 aliphatic rings. The molecule has 1 unspecified atom stereocenters. The molecule has 0 aromatic carbocycles. The predicted octanol–water partition coefficient (Wildman–Crippen LogP) is 3.99. The van der Waals surface area contributed by atoms with Crippen molar-refractivity contribution in [3.05, 3.63) is 0 Å². The molecule has 0 amide bonds. The quantitative estimate of drug-likeness (QED) is 0.716. The molecule has 16 heavy (non-hydrogen) atoms. The minimum atomic E-state index is 0.982. The van der Waals surface area contributed by atoms with E-state index in [4.69, 9.17) is 0 Å². The van der Waals surface area contributed by atoms with E-state index < -0.39 is 0 Å². The number of hydrogen-bond acceptors (Lipinski definition) is 2. The summed E-state index contributed by atoms with van der Waals surface area (Å²) in [4.78, 5) is 2.62. The van der Waals surface area contributed by atoms with Crippen molar-refractivity contribution < 1.29 is 0 Å². The normalized spacial score (nSPS) is 26.1. The fourth-order valence-corrected chi connectivity index (χ4v) is 4.24. The van der Waals surface area contributed by atoms with E-state index in [1.807, 2.05) is 0 Å². The molecule has 1 saturated heterocycles. The Morgan fingerprint density at radius 2 is 2.06 bits per heavy atom. The first kappa shape index (κ1) is 12.8. The summed E-state index contributed by atoms with van der Waals surface area (Å²) in [6.45, 7) is 5.18. The van der Waals surface area contributed by atoms with Gasteiger partial charge in [0.25, 0.3) is 0 Å². The highest BCUT2D eigenvalue weighted by Gasteiger charge is 2.20. The molecule has 1 heterocycles. The molecule has 0 bridgehead atoms. The lowest BCUT2D eigenvalue weighted by Crippen LogP contribution is -2.22. The highest BCUT2D eigenvalue weighted by atomic mass is 32.2. The van der Waals surface area contributed by atoms with E-state index in [9.17, 15) is 0 Å². The maximum absolute atomic E-state index is 2.62. The summed E-state index contributed by atoms with van der Waals surface area (Å²) in [5.74, 6) is 4.69. The van der Waals surface area contributed by atoms with E-state index >= 15 is 0 Å². The van der Waals surface area contributed by atoms with E-state index in [0.29, 0.717) is 0 Å². The largest absolute Gasteiger partial charge is 0.293 e. The van der Waals surface area contributed by atoms with Gasteiger partial charge >= 0.3 is 0 Å². The van der Waals surface area contributed by atoms with Gasteiger partial charge in [-0.2, -0.15) is 0 Å². The van der Waals surface area contributed by atoms with Crippen LogP contribution < -0.4 is 0 Å². The lowest BCUT2D eigenvalue weighted by Gasteiger charge is -2.28. The van der Waals surface area contributed by atoms with Crippen LogP contribution in [0.15, 0.2) is 0 Å². The maximum Gasteiger partial charge on any atom is 0.0445 e. The Labute approximate surface area is 105 Å².